The molecule has 178 valence electrons. The highest BCUT2D eigenvalue weighted by Crippen LogP contribution is 2.36. The molecule has 4 rings (SSSR count). The van der Waals surface area contributed by atoms with Crippen LogP contribution in [-0.4, -0.2) is 66.1 Å². The Kier molecular flexibility index (Phi) is 7.52. The minimum atomic E-state index is -4.30. The van der Waals surface area contributed by atoms with E-state index in [2.05, 4.69) is 20.3 Å². The van der Waals surface area contributed by atoms with Crippen LogP contribution < -0.4 is 5.32 Å². The molecule has 0 spiro atoms. The maximum Gasteiger partial charge on any atom is 0.350 e. The van der Waals surface area contributed by atoms with Crippen LogP contribution in [0.2, 0.25) is 10.3 Å². The number of rotatable bonds is 9. The van der Waals surface area contributed by atoms with Crippen LogP contribution in [0, 0.1) is 0 Å². The highest BCUT2D eigenvalue weighted by molar-refractivity contribution is 7.51. The van der Waals surface area contributed by atoms with Gasteiger partial charge in [-0.1, -0.05) is 29.8 Å². The van der Waals surface area contributed by atoms with Crippen molar-refractivity contribution in [3.05, 3.63) is 46.5 Å². The molecular weight excluding hydrogens is 496 g/mol. The van der Waals surface area contributed by atoms with Gasteiger partial charge in [-0.05, 0) is 29.7 Å². The van der Waals surface area contributed by atoms with Gasteiger partial charge in [-0.15, -0.1) is 0 Å². The van der Waals surface area contributed by atoms with Crippen LogP contribution in [-0.2, 0) is 20.5 Å². The maximum atomic E-state index is 10.9. The van der Waals surface area contributed by atoms with Crippen molar-refractivity contribution in [1.29, 1.82) is 0 Å². The average molecular weight is 518 g/mol. The van der Waals surface area contributed by atoms with Crippen molar-refractivity contribution < 1.29 is 28.9 Å². The van der Waals surface area contributed by atoms with E-state index in [1.807, 2.05) is 24.3 Å². The Morgan fingerprint density at radius 1 is 1.27 bits per heavy atom. The Morgan fingerprint density at radius 2 is 2.06 bits per heavy atom. The van der Waals surface area contributed by atoms with Gasteiger partial charge in [0.1, 0.15) is 18.7 Å². The van der Waals surface area contributed by atoms with Crippen molar-refractivity contribution in [1.82, 2.24) is 19.5 Å². The predicted molar refractivity (Wildman–Crippen MR) is 121 cm³/mol. The number of hydrogen-bond donors (Lipinski definition) is 4. The number of aliphatic hydroxyl groups is 1. The molecule has 3 heterocycles. The molecule has 1 fully saturated rings. The van der Waals surface area contributed by atoms with Gasteiger partial charge < -0.3 is 29.7 Å². The van der Waals surface area contributed by atoms with E-state index in [4.69, 9.17) is 42.5 Å². The number of fused-ring (bicyclic) bond motifs is 1. The Bertz CT molecular complexity index is 1170. The normalized spacial score (nSPS) is 21.1. The lowest BCUT2D eigenvalue weighted by atomic mass is 10.1. The first-order valence-corrected chi connectivity index (χ1v) is 12.6. The smallest absolute Gasteiger partial charge is 0.350 e. The number of halogens is 2. The third-order valence-corrected chi connectivity index (χ3v) is 6.15. The molecule has 1 saturated heterocycles. The highest BCUT2D eigenvalue weighted by Gasteiger charge is 2.36. The van der Waals surface area contributed by atoms with Crippen LogP contribution in [0.1, 0.15) is 18.2 Å². The zero-order valence-electron chi connectivity index (χ0n) is 17.2. The minimum Gasteiger partial charge on any atom is -0.390 e. The quantitative estimate of drug-likeness (QED) is 0.246. The number of ether oxygens (including phenoxy) is 2. The summed E-state index contributed by atoms with van der Waals surface area (Å²) in [6, 6.07) is 7.57. The molecule has 0 aliphatic carbocycles. The van der Waals surface area contributed by atoms with E-state index in [9.17, 15) is 9.67 Å². The minimum absolute atomic E-state index is 0.0181. The average Bonchev–Trinajstić information content (AvgIpc) is 3.32. The van der Waals surface area contributed by atoms with Gasteiger partial charge in [0.05, 0.1) is 19.0 Å². The molecule has 3 aromatic rings. The monoisotopic (exact) mass is 517 g/mol. The van der Waals surface area contributed by atoms with Crippen LogP contribution in [0.5, 0.6) is 0 Å². The first-order chi connectivity index (χ1) is 15.7. The summed E-state index contributed by atoms with van der Waals surface area (Å²) in [6.07, 6.45) is -0.616. The molecule has 3 atom stereocenters. The molecule has 33 heavy (non-hydrogen) atoms. The summed E-state index contributed by atoms with van der Waals surface area (Å²) < 4.78 is 23.4. The van der Waals surface area contributed by atoms with Gasteiger partial charge in [-0.2, -0.15) is 9.97 Å². The molecule has 0 radical (unpaired) electrons. The Labute approximate surface area is 198 Å². The third kappa shape index (κ3) is 6.00. The fourth-order valence-electron chi connectivity index (χ4n) is 3.56. The number of aromatic nitrogens is 4. The number of aliphatic hydroxyl groups excluding tert-OH is 1. The van der Waals surface area contributed by atoms with E-state index in [0.29, 0.717) is 35.0 Å². The molecule has 0 amide bonds. The summed E-state index contributed by atoms with van der Waals surface area (Å²) in [7, 11) is -4.30. The summed E-state index contributed by atoms with van der Waals surface area (Å²) in [5, 5.41) is 14.2. The summed E-state index contributed by atoms with van der Waals surface area (Å²) in [6.45, 7) is 0.372. The topological polar surface area (TPSA) is 152 Å². The summed E-state index contributed by atoms with van der Waals surface area (Å²) >= 11 is 12.3. The van der Waals surface area contributed by atoms with Crippen LogP contribution >= 0.6 is 30.8 Å². The van der Waals surface area contributed by atoms with Crippen molar-refractivity contribution in [2.75, 3.05) is 24.8 Å². The molecule has 2 aromatic heterocycles. The number of hydrogen-bond acceptors (Lipinski definition) is 8. The number of nitrogens with one attached hydrogen (secondary N) is 1. The van der Waals surface area contributed by atoms with E-state index in [-0.39, 0.29) is 18.3 Å². The lowest BCUT2D eigenvalue weighted by Gasteiger charge is -2.16. The predicted octanol–water partition coefficient (Wildman–Crippen LogP) is 2.59. The molecule has 0 saturated carbocycles. The van der Waals surface area contributed by atoms with Crippen LogP contribution in [0.25, 0.3) is 11.2 Å². The van der Waals surface area contributed by atoms with E-state index in [1.165, 1.54) is 6.33 Å². The summed E-state index contributed by atoms with van der Waals surface area (Å²) in [5.74, 6) is 0.455. The fourth-order valence-corrected chi connectivity index (χ4v) is 4.30. The van der Waals surface area contributed by atoms with E-state index >= 15 is 0 Å². The van der Waals surface area contributed by atoms with Gasteiger partial charge >= 0.3 is 7.60 Å². The molecule has 4 N–H and O–H groups in total. The van der Waals surface area contributed by atoms with Crippen molar-refractivity contribution in [3.8, 4) is 0 Å². The number of imidazole rings is 1. The van der Waals surface area contributed by atoms with Crippen molar-refractivity contribution in [3.63, 3.8) is 0 Å². The van der Waals surface area contributed by atoms with Crippen LogP contribution in [0.3, 0.4) is 0 Å². The zero-order valence-corrected chi connectivity index (χ0v) is 19.6. The highest BCUT2D eigenvalue weighted by atomic mass is 35.5. The van der Waals surface area contributed by atoms with E-state index in [0.717, 1.165) is 5.56 Å². The van der Waals surface area contributed by atoms with Gasteiger partial charge in [0, 0.05) is 18.0 Å². The molecule has 1 aliphatic heterocycles. The van der Waals surface area contributed by atoms with Crippen LogP contribution in [0.15, 0.2) is 30.6 Å². The van der Waals surface area contributed by atoms with Crippen LogP contribution in [0.4, 0.5) is 5.82 Å². The third-order valence-electron chi connectivity index (χ3n) is 5.09. The fraction of sp³-hybridized carbons (Fsp3) is 0.421. The first kappa shape index (κ1) is 24.3. The second-order valence-electron chi connectivity index (χ2n) is 7.53. The van der Waals surface area contributed by atoms with Gasteiger partial charge in [-0.3, -0.25) is 9.13 Å². The molecule has 1 aromatic carbocycles. The SMILES string of the molecule is O=P(O)(O)COC[C@H]1O[C@@H](n2cnc3c(NCCc4ccccc4Cl)nc(Cl)nc32)C[C@@H]1O. The molecule has 1 aliphatic rings. The lowest BCUT2D eigenvalue weighted by molar-refractivity contribution is -0.0564. The maximum absolute atomic E-state index is 10.9. The summed E-state index contributed by atoms with van der Waals surface area (Å²) in [4.78, 5) is 30.7. The van der Waals surface area contributed by atoms with Gasteiger partial charge in [-0.25, -0.2) is 4.98 Å². The molecule has 11 nitrogen and oxygen atoms in total. The summed E-state index contributed by atoms with van der Waals surface area (Å²) in [5.41, 5.74) is 1.90. The zero-order chi connectivity index (χ0) is 23.6. The van der Waals surface area contributed by atoms with E-state index < -0.39 is 32.4 Å². The van der Waals surface area contributed by atoms with Crippen molar-refractivity contribution in [2.24, 2.45) is 0 Å². The Morgan fingerprint density at radius 3 is 2.82 bits per heavy atom. The number of anilines is 1. The molecular formula is C19H22Cl2N5O6P. The Hall–Kier alpha value is -1.82. The second-order valence-corrected chi connectivity index (χ2v) is 9.86. The van der Waals surface area contributed by atoms with Crippen molar-refractivity contribution >= 4 is 47.8 Å². The largest absolute Gasteiger partial charge is 0.390 e. The second kappa shape index (κ2) is 10.2. The first-order valence-electron chi connectivity index (χ1n) is 10.0. The lowest BCUT2D eigenvalue weighted by Crippen LogP contribution is -2.26. The van der Waals surface area contributed by atoms with Gasteiger partial charge in [0.25, 0.3) is 0 Å². The van der Waals surface area contributed by atoms with Gasteiger partial charge in [0.15, 0.2) is 17.0 Å². The van der Waals surface area contributed by atoms with Gasteiger partial charge in [0.2, 0.25) is 5.28 Å². The number of nitrogens with zero attached hydrogens (tertiary/aromatic N) is 4. The molecule has 0 bridgehead atoms. The standard InChI is InChI=1S/C19H22Cl2N5O6P/c20-12-4-2-1-3-11(12)5-6-22-17-16-18(25-19(21)24-17)26(9-23-16)15-7-13(27)14(32-15)8-31-10-33(28,29)30/h1-4,9,13-15,27H,5-8,10H2,(H,22,24,25)(H2,28,29,30)/t13-,14+,15+/m0/s1. The van der Waals surface area contributed by atoms with E-state index in [1.54, 1.807) is 4.57 Å². The molecule has 14 heteroatoms. The molecule has 0 unspecified atom stereocenters. The number of benzene rings is 1. The Balaban J connectivity index is 1.46. The van der Waals surface area contributed by atoms with Crippen molar-refractivity contribution in [2.45, 2.75) is 31.3 Å².